The number of piperidine rings is 1. The Morgan fingerprint density at radius 3 is 2.55 bits per heavy atom. The molecule has 1 saturated heterocycles. The van der Waals surface area contributed by atoms with Crippen LogP contribution < -0.4 is 5.09 Å². The molecule has 0 amide bonds. The van der Waals surface area contributed by atoms with Crippen molar-refractivity contribution in [1.82, 2.24) is 9.99 Å². The van der Waals surface area contributed by atoms with Crippen LogP contribution in [0.3, 0.4) is 0 Å². The van der Waals surface area contributed by atoms with Crippen LogP contribution in [0.15, 0.2) is 12.1 Å². The summed E-state index contributed by atoms with van der Waals surface area (Å²) in [6, 6.07) is 4.84. The summed E-state index contributed by atoms with van der Waals surface area (Å²) in [4.78, 5) is 15.5. The summed E-state index contributed by atoms with van der Waals surface area (Å²) in [6.45, 7) is 15.2. The Morgan fingerprint density at radius 2 is 1.93 bits per heavy atom. The lowest BCUT2D eigenvalue weighted by molar-refractivity contribution is -0.160. The second-order valence-corrected chi connectivity index (χ2v) is 10.2. The number of benzene rings is 1. The van der Waals surface area contributed by atoms with Crippen molar-refractivity contribution >= 4 is 15.4 Å². The summed E-state index contributed by atoms with van der Waals surface area (Å²) >= 11 is 0. The molecule has 1 unspecified atom stereocenters. The van der Waals surface area contributed by atoms with Crippen molar-refractivity contribution < 1.29 is 9.53 Å². The Labute approximate surface area is 179 Å². The highest BCUT2D eigenvalue weighted by Crippen LogP contribution is 2.42. The highest BCUT2D eigenvalue weighted by molar-refractivity contribution is 7.13. The molecule has 5 heteroatoms. The van der Waals surface area contributed by atoms with Gasteiger partial charge in [-0.15, -0.1) is 0 Å². The van der Waals surface area contributed by atoms with Crippen LogP contribution in [-0.4, -0.2) is 36.1 Å². The average Bonchev–Trinajstić information content (AvgIpc) is 2.63. The van der Waals surface area contributed by atoms with E-state index >= 15 is 0 Å². The number of hydrogen-bond acceptors (Lipinski definition) is 4. The Kier molecular flexibility index (Phi) is 7.41. The fourth-order valence-corrected chi connectivity index (χ4v) is 5.62. The first-order valence-corrected chi connectivity index (χ1v) is 11.8. The van der Waals surface area contributed by atoms with Crippen LogP contribution in [0.5, 0.6) is 0 Å². The van der Waals surface area contributed by atoms with Gasteiger partial charge in [-0.25, -0.2) is 0 Å². The molecule has 0 spiro atoms. The fourth-order valence-electron chi connectivity index (χ4n) is 5.10. The Morgan fingerprint density at radius 1 is 1.24 bits per heavy atom. The predicted octanol–water partition coefficient (Wildman–Crippen LogP) is 4.58. The summed E-state index contributed by atoms with van der Waals surface area (Å²) in [7, 11) is 2.48. The van der Waals surface area contributed by atoms with Crippen LogP contribution >= 0.6 is 9.39 Å². The summed E-state index contributed by atoms with van der Waals surface area (Å²) < 4.78 is 6.20. The SMILES string of the molecule is Cc1cc2c(cc1C)[C@H]1C[C@@H](OC(=O)[C@@H](NP)C(C)C)[C@H](CC(C)C)CN1CC2. The van der Waals surface area contributed by atoms with E-state index in [9.17, 15) is 4.79 Å². The summed E-state index contributed by atoms with van der Waals surface area (Å²) in [5.74, 6) is 1.09. The van der Waals surface area contributed by atoms with Gasteiger partial charge in [0.25, 0.3) is 0 Å². The van der Waals surface area contributed by atoms with Crippen molar-refractivity contribution in [2.45, 2.75) is 79.0 Å². The third-order valence-corrected chi connectivity index (χ3v) is 7.17. The van der Waals surface area contributed by atoms with Gasteiger partial charge in [0, 0.05) is 31.5 Å². The van der Waals surface area contributed by atoms with Gasteiger partial charge in [0.05, 0.1) is 0 Å². The van der Waals surface area contributed by atoms with Gasteiger partial charge in [0.1, 0.15) is 12.1 Å². The molecule has 2 heterocycles. The van der Waals surface area contributed by atoms with Gasteiger partial charge in [0.15, 0.2) is 0 Å². The zero-order valence-corrected chi connectivity index (χ0v) is 20.2. The van der Waals surface area contributed by atoms with E-state index in [0.717, 1.165) is 32.4 Å². The Hall–Kier alpha value is -0.960. The maximum atomic E-state index is 12.9. The Balaban J connectivity index is 1.85. The molecule has 1 N–H and O–H groups in total. The smallest absolute Gasteiger partial charge is 0.323 e. The lowest BCUT2D eigenvalue weighted by Gasteiger charge is -2.47. The van der Waals surface area contributed by atoms with Crippen molar-refractivity contribution in [3.05, 3.63) is 34.4 Å². The molecule has 0 aliphatic carbocycles. The molecular weight excluding hydrogens is 379 g/mol. The molecule has 4 nitrogen and oxygen atoms in total. The van der Waals surface area contributed by atoms with Crippen LogP contribution in [0.4, 0.5) is 0 Å². The zero-order valence-electron chi connectivity index (χ0n) is 19.0. The quantitative estimate of drug-likeness (QED) is 0.542. The number of esters is 1. The normalized spacial score (nSPS) is 25.6. The fraction of sp³-hybridized carbons (Fsp3) is 0.708. The van der Waals surface area contributed by atoms with Crippen LogP contribution in [0.1, 0.15) is 68.8 Å². The molecule has 5 atom stereocenters. The average molecular weight is 419 g/mol. The van der Waals surface area contributed by atoms with Crippen LogP contribution in [0.25, 0.3) is 0 Å². The molecule has 1 fully saturated rings. The second kappa shape index (κ2) is 9.45. The van der Waals surface area contributed by atoms with E-state index in [0.29, 0.717) is 17.9 Å². The summed E-state index contributed by atoms with van der Waals surface area (Å²) in [5, 5.41) is 3.06. The molecule has 0 aromatic heterocycles. The molecular formula is C24H39N2O2P. The van der Waals surface area contributed by atoms with E-state index < -0.39 is 0 Å². The maximum Gasteiger partial charge on any atom is 0.323 e. The van der Waals surface area contributed by atoms with Crippen molar-refractivity contribution in [3.63, 3.8) is 0 Å². The first-order valence-electron chi connectivity index (χ1n) is 11.2. The molecule has 2 aliphatic heterocycles. The number of nitrogens with zero attached hydrogens (tertiary/aromatic N) is 1. The van der Waals surface area contributed by atoms with E-state index in [4.69, 9.17) is 4.74 Å². The number of aryl methyl sites for hydroxylation is 2. The monoisotopic (exact) mass is 418 g/mol. The number of nitrogens with one attached hydrogen (secondary N) is 1. The van der Waals surface area contributed by atoms with Crippen molar-refractivity contribution in [2.75, 3.05) is 13.1 Å². The van der Waals surface area contributed by atoms with Gasteiger partial charge in [-0.2, -0.15) is 0 Å². The number of rotatable bonds is 6. The third kappa shape index (κ3) is 5.03. The number of fused-ring (bicyclic) bond motifs is 3. The van der Waals surface area contributed by atoms with Gasteiger partial charge in [-0.1, -0.05) is 49.2 Å². The Bertz CT molecular complexity index is 734. The van der Waals surface area contributed by atoms with Gasteiger partial charge in [0.2, 0.25) is 0 Å². The van der Waals surface area contributed by atoms with Gasteiger partial charge >= 0.3 is 5.97 Å². The van der Waals surface area contributed by atoms with Crippen molar-refractivity contribution in [1.29, 1.82) is 0 Å². The first kappa shape index (κ1) is 22.7. The first-order chi connectivity index (χ1) is 13.7. The number of carbonyl (C=O) groups excluding carboxylic acids is 1. The van der Waals surface area contributed by atoms with Crippen molar-refractivity contribution in [3.8, 4) is 0 Å². The second-order valence-electron chi connectivity index (χ2n) is 9.89. The van der Waals surface area contributed by atoms with Crippen LogP contribution in [-0.2, 0) is 16.0 Å². The summed E-state index contributed by atoms with van der Waals surface area (Å²) in [5.41, 5.74) is 5.66. The molecule has 0 bridgehead atoms. The third-order valence-electron chi connectivity index (χ3n) is 6.82. The van der Waals surface area contributed by atoms with Gasteiger partial charge in [-0.3, -0.25) is 14.8 Å². The molecule has 2 aliphatic rings. The lowest BCUT2D eigenvalue weighted by atomic mass is 9.78. The minimum Gasteiger partial charge on any atom is -0.461 e. The largest absolute Gasteiger partial charge is 0.461 e. The lowest BCUT2D eigenvalue weighted by Crippen LogP contribution is -2.51. The van der Waals surface area contributed by atoms with E-state index in [1.807, 2.05) is 0 Å². The van der Waals surface area contributed by atoms with E-state index in [2.05, 4.69) is 73.1 Å². The highest BCUT2D eigenvalue weighted by atomic mass is 31.0. The van der Waals surface area contributed by atoms with Gasteiger partial charge in [-0.05, 0) is 60.8 Å². The molecule has 29 heavy (non-hydrogen) atoms. The standard InChI is InChI=1S/C24H39N2O2P/c1-14(2)9-19-13-26-8-7-18-10-16(5)17(6)11-20(18)21(26)12-22(19)28-24(27)23(25-29)15(3)4/h10-11,14-15,19,21-23,25H,7-9,12-13,29H2,1-6H3/t19-,21-,22-,23+/m1/s1. The maximum absolute atomic E-state index is 12.9. The number of ether oxygens (including phenoxy) is 1. The number of hydrogen-bond donors (Lipinski definition) is 1. The summed E-state index contributed by atoms with van der Waals surface area (Å²) in [6.07, 6.45) is 3.11. The molecule has 0 saturated carbocycles. The van der Waals surface area contributed by atoms with E-state index in [1.165, 1.54) is 22.3 Å². The zero-order chi connectivity index (χ0) is 21.3. The highest BCUT2D eigenvalue weighted by Gasteiger charge is 2.41. The van der Waals surface area contributed by atoms with Crippen molar-refractivity contribution in [2.24, 2.45) is 17.8 Å². The number of carbonyl (C=O) groups is 1. The van der Waals surface area contributed by atoms with Gasteiger partial charge < -0.3 is 4.74 Å². The predicted molar refractivity (Wildman–Crippen MR) is 123 cm³/mol. The van der Waals surface area contributed by atoms with Crippen LogP contribution in [0, 0.1) is 31.6 Å². The molecule has 0 radical (unpaired) electrons. The van der Waals surface area contributed by atoms with E-state index in [-0.39, 0.29) is 24.0 Å². The topological polar surface area (TPSA) is 41.6 Å². The van der Waals surface area contributed by atoms with E-state index in [1.54, 1.807) is 0 Å². The molecule has 1 aromatic rings. The minimum absolute atomic E-state index is 0.0155. The molecule has 3 rings (SSSR count). The molecule has 1 aromatic carbocycles. The molecule has 162 valence electrons. The van der Waals surface area contributed by atoms with Crippen LogP contribution in [0.2, 0.25) is 0 Å². The minimum atomic E-state index is -0.277.